The van der Waals surface area contributed by atoms with Crippen molar-refractivity contribution in [1.29, 1.82) is 0 Å². The van der Waals surface area contributed by atoms with E-state index in [0.29, 0.717) is 0 Å². The highest BCUT2D eigenvalue weighted by atomic mass is 127. The summed E-state index contributed by atoms with van der Waals surface area (Å²) in [4.78, 5) is 17.2. The van der Waals surface area contributed by atoms with Crippen LogP contribution in [-0.4, -0.2) is 50.5 Å². The maximum atomic E-state index is 11.4. The summed E-state index contributed by atoms with van der Waals surface area (Å²) in [5.74, 6) is 1.56. The summed E-state index contributed by atoms with van der Waals surface area (Å²) < 4.78 is 0. The minimum atomic E-state index is 0. The van der Waals surface area contributed by atoms with E-state index in [1.54, 1.807) is 19.0 Å². The Morgan fingerprint density at radius 2 is 2.00 bits per heavy atom. The molecule has 6 heteroatoms. The van der Waals surface area contributed by atoms with E-state index in [2.05, 4.69) is 15.6 Å². The quantitative estimate of drug-likeness (QED) is 0.433. The smallest absolute Gasteiger partial charge is 0.243 e. The molecule has 0 spiro atoms. The number of guanidine groups is 1. The average molecular weight is 354 g/mol. The number of halogens is 1. The largest absolute Gasteiger partial charge is 0.357 e. The molecule has 1 aliphatic carbocycles. The van der Waals surface area contributed by atoms with Gasteiger partial charge in [0.25, 0.3) is 0 Å². The predicted molar refractivity (Wildman–Crippen MR) is 80.8 cm³/mol. The molecule has 0 aliphatic heterocycles. The van der Waals surface area contributed by atoms with Gasteiger partial charge in [-0.25, -0.2) is 4.99 Å². The lowest BCUT2D eigenvalue weighted by Gasteiger charge is -2.12. The lowest BCUT2D eigenvalue weighted by molar-refractivity contribution is -0.127. The SMILES string of the molecule is CCNC(=NCC(=O)N(C)C)NCC1CC1.I. The highest BCUT2D eigenvalue weighted by molar-refractivity contribution is 14.0. The Labute approximate surface area is 120 Å². The van der Waals surface area contributed by atoms with Crippen LogP contribution in [0.15, 0.2) is 4.99 Å². The summed E-state index contributed by atoms with van der Waals surface area (Å²) in [6.45, 7) is 3.99. The van der Waals surface area contributed by atoms with Gasteiger partial charge in [-0.2, -0.15) is 0 Å². The summed E-state index contributed by atoms with van der Waals surface area (Å²) >= 11 is 0. The van der Waals surface area contributed by atoms with Crippen LogP contribution in [0.25, 0.3) is 0 Å². The van der Waals surface area contributed by atoms with Gasteiger partial charge < -0.3 is 15.5 Å². The zero-order valence-electron chi connectivity index (χ0n) is 10.8. The highest BCUT2D eigenvalue weighted by Crippen LogP contribution is 2.27. The Morgan fingerprint density at radius 1 is 1.35 bits per heavy atom. The van der Waals surface area contributed by atoms with Crippen LogP contribution >= 0.6 is 24.0 Å². The molecular formula is C11H23IN4O. The van der Waals surface area contributed by atoms with Crippen LogP contribution in [0.1, 0.15) is 19.8 Å². The van der Waals surface area contributed by atoms with Gasteiger partial charge in [-0.15, -0.1) is 24.0 Å². The first-order valence-electron chi connectivity index (χ1n) is 5.85. The molecule has 1 saturated carbocycles. The number of aliphatic imine (C=N–C) groups is 1. The second-order valence-corrected chi connectivity index (χ2v) is 4.31. The fourth-order valence-electron chi connectivity index (χ4n) is 1.19. The van der Waals surface area contributed by atoms with E-state index in [4.69, 9.17) is 0 Å². The van der Waals surface area contributed by atoms with E-state index in [1.165, 1.54) is 12.8 Å². The second kappa shape index (κ2) is 8.54. The first kappa shape index (κ1) is 16.5. The van der Waals surface area contributed by atoms with Crippen molar-refractivity contribution in [2.45, 2.75) is 19.8 Å². The number of rotatable bonds is 5. The van der Waals surface area contributed by atoms with Crippen molar-refractivity contribution in [2.75, 3.05) is 33.7 Å². The van der Waals surface area contributed by atoms with Crippen molar-refractivity contribution in [2.24, 2.45) is 10.9 Å². The van der Waals surface area contributed by atoms with E-state index in [0.717, 1.165) is 25.0 Å². The van der Waals surface area contributed by atoms with Gasteiger partial charge in [0.1, 0.15) is 6.54 Å². The molecule has 0 aromatic heterocycles. The Morgan fingerprint density at radius 3 is 2.47 bits per heavy atom. The lowest BCUT2D eigenvalue weighted by atomic mass is 10.4. The van der Waals surface area contributed by atoms with Crippen molar-refractivity contribution >= 4 is 35.8 Å². The minimum absolute atomic E-state index is 0. The summed E-state index contributed by atoms with van der Waals surface area (Å²) in [5, 5.41) is 6.37. The molecule has 0 atom stereocenters. The molecule has 17 heavy (non-hydrogen) atoms. The lowest BCUT2D eigenvalue weighted by Crippen LogP contribution is -2.39. The second-order valence-electron chi connectivity index (χ2n) is 4.31. The molecule has 1 fully saturated rings. The first-order chi connectivity index (χ1) is 7.63. The zero-order chi connectivity index (χ0) is 12.0. The van der Waals surface area contributed by atoms with E-state index >= 15 is 0 Å². The van der Waals surface area contributed by atoms with Crippen molar-refractivity contribution in [3.8, 4) is 0 Å². The molecule has 0 heterocycles. The third kappa shape index (κ3) is 7.40. The van der Waals surface area contributed by atoms with Crippen LogP contribution in [0.5, 0.6) is 0 Å². The molecule has 100 valence electrons. The van der Waals surface area contributed by atoms with Gasteiger partial charge in [0.05, 0.1) is 0 Å². The monoisotopic (exact) mass is 354 g/mol. The van der Waals surface area contributed by atoms with Crippen LogP contribution in [0.2, 0.25) is 0 Å². The standard InChI is InChI=1S/C11H22N4O.HI/c1-4-12-11(13-7-9-5-6-9)14-8-10(16)15(2)3;/h9H,4-8H2,1-3H3,(H2,12,13,14);1H. The van der Waals surface area contributed by atoms with Gasteiger partial charge in [0.15, 0.2) is 5.96 Å². The summed E-state index contributed by atoms with van der Waals surface area (Å²) in [5.41, 5.74) is 0. The minimum Gasteiger partial charge on any atom is -0.357 e. The zero-order valence-corrected chi connectivity index (χ0v) is 13.2. The van der Waals surface area contributed by atoms with Crippen LogP contribution in [0, 0.1) is 5.92 Å². The van der Waals surface area contributed by atoms with Crippen molar-refractivity contribution < 1.29 is 4.79 Å². The number of nitrogens with one attached hydrogen (secondary N) is 2. The Bertz CT molecular complexity index is 264. The molecule has 0 bridgehead atoms. The Balaban J connectivity index is 0.00000256. The van der Waals surface area contributed by atoms with E-state index in [1.807, 2.05) is 6.92 Å². The Kier molecular flexibility index (Phi) is 8.28. The molecule has 1 rings (SSSR count). The number of carbonyl (C=O) groups excluding carboxylic acids is 1. The van der Waals surface area contributed by atoms with Crippen molar-refractivity contribution in [3.05, 3.63) is 0 Å². The molecule has 1 aliphatic rings. The molecule has 0 aromatic carbocycles. The molecule has 0 radical (unpaired) electrons. The number of hydrogen-bond donors (Lipinski definition) is 2. The summed E-state index contributed by atoms with van der Waals surface area (Å²) in [7, 11) is 3.48. The topological polar surface area (TPSA) is 56.7 Å². The van der Waals surface area contributed by atoms with Gasteiger partial charge in [0, 0.05) is 27.2 Å². The maximum absolute atomic E-state index is 11.4. The van der Waals surface area contributed by atoms with Gasteiger partial charge in [0.2, 0.25) is 5.91 Å². The van der Waals surface area contributed by atoms with Gasteiger partial charge >= 0.3 is 0 Å². The average Bonchev–Trinajstić information content (AvgIpc) is 3.05. The fourth-order valence-corrected chi connectivity index (χ4v) is 1.19. The Hall–Kier alpha value is -0.530. The third-order valence-electron chi connectivity index (χ3n) is 2.47. The van der Waals surface area contributed by atoms with Crippen molar-refractivity contribution in [3.63, 3.8) is 0 Å². The molecule has 1 amide bonds. The summed E-state index contributed by atoms with van der Waals surface area (Å²) in [6.07, 6.45) is 2.62. The van der Waals surface area contributed by atoms with Crippen LogP contribution < -0.4 is 10.6 Å². The third-order valence-corrected chi connectivity index (χ3v) is 2.47. The molecule has 2 N–H and O–H groups in total. The summed E-state index contributed by atoms with van der Waals surface area (Å²) in [6, 6.07) is 0. The molecule has 5 nitrogen and oxygen atoms in total. The fraction of sp³-hybridized carbons (Fsp3) is 0.818. The molecular weight excluding hydrogens is 331 g/mol. The number of hydrogen-bond acceptors (Lipinski definition) is 2. The number of carbonyl (C=O) groups is 1. The number of amides is 1. The van der Waals surface area contributed by atoms with Crippen LogP contribution in [0.3, 0.4) is 0 Å². The highest BCUT2D eigenvalue weighted by Gasteiger charge is 2.21. The van der Waals surface area contributed by atoms with E-state index < -0.39 is 0 Å². The first-order valence-corrected chi connectivity index (χ1v) is 5.85. The molecule has 0 aromatic rings. The van der Waals surface area contributed by atoms with Gasteiger partial charge in [-0.3, -0.25) is 4.79 Å². The number of likely N-dealkylation sites (N-methyl/N-ethyl adjacent to an activating group) is 1. The van der Waals surface area contributed by atoms with Gasteiger partial charge in [-0.05, 0) is 25.7 Å². The predicted octanol–water partition coefficient (Wildman–Crippen LogP) is 0.658. The van der Waals surface area contributed by atoms with Crippen LogP contribution in [0.4, 0.5) is 0 Å². The van der Waals surface area contributed by atoms with Crippen molar-refractivity contribution in [1.82, 2.24) is 15.5 Å². The van der Waals surface area contributed by atoms with E-state index in [9.17, 15) is 4.79 Å². The number of nitrogens with zero attached hydrogens (tertiary/aromatic N) is 2. The molecule has 0 saturated heterocycles. The maximum Gasteiger partial charge on any atom is 0.243 e. The van der Waals surface area contributed by atoms with Gasteiger partial charge in [-0.1, -0.05) is 0 Å². The van der Waals surface area contributed by atoms with Crippen LogP contribution in [-0.2, 0) is 4.79 Å². The van der Waals surface area contributed by atoms with E-state index in [-0.39, 0.29) is 36.4 Å². The normalized spacial score (nSPS) is 14.9. The molecule has 0 unspecified atom stereocenters.